The predicted octanol–water partition coefficient (Wildman–Crippen LogP) is 11.9. The van der Waals surface area contributed by atoms with Gasteiger partial charge in [-0.05, 0) is 76.4 Å². The number of hydrogen-bond donors (Lipinski definition) is 0. The SMILES string of the molecule is C=C/C=C(\C=C/C)n1c2ccc(-c3ccc(C=C)c(C=C)c3)cc2c2c3ccccc3c3c4ccccc4sc3c21. The number of allylic oxidation sites excluding steroid dienone is 5. The van der Waals surface area contributed by atoms with Crippen LogP contribution in [0.5, 0.6) is 0 Å². The van der Waals surface area contributed by atoms with Gasteiger partial charge in [-0.2, -0.15) is 0 Å². The van der Waals surface area contributed by atoms with E-state index in [9.17, 15) is 0 Å². The number of rotatable bonds is 6. The highest BCUT2D eigenvalue weighted by molar-refractivity contribution is 7.27. The van der Waals surface area contributed by atoms with Crippen LogP contribution in [0.25, 0.3) is 81.7 Å². The van der Waals surface area contributed by atoms with E-state index in [1.807, 2.05) is 29.6 Å². The smallest absolute Gasteiger partial charge is 0.0726 e. The van der Waals surface area contributed by atoms with Crippen LogP contribution in [0.15, 0.2) is 129 Å². The molecule has 7 rings (SSSR count). The third kappa shape index (κ3) is 3.76. The van der Waals surface area contributed by atoms with Crippen molar-refractivity contribution in [2.75, 3.05) is 0 Å². The zero-order valence-corrected chi connectivity index (χ0v) is 23.8. The molecule has 0 saturated heterocycles. The first-order chi connectivity index (χ1) is 20.2. The first kappa shape index (κ1) is 25.1. The van der Waals surface area contributed by atoms with Crippen LogP contribution in [-0.4, -0.2) is 4.57 Å². The summed E-state index contributed by atoms with van der Waals surface area (Å²) in [6.45, 7) is 14.1. The molecule has 0 radical (unpaired) electrons. The van der Waals surface area contributed by atoms with Crippen LogP contribution < -0.4 is 0 Å². The largest absolute Gasteiger partial charge is 0.308 e. The standard InChI is InChI=1S/C39H29NS/c1-5-13-29(14-6-2)40-34-22-21-28(27-20-19-25(7-3)26(8-4)23-27)24-33(34)36-30-15-9-10-16-31(30)37-32-17-11-12-18-35(32)41-39(37)38(36)40/h5-24H,1,3-4H2,2H3/b14-6-,29-13+. The first-order valence-electron chi connectivity index (χ1n) is 13.8. The molecule has 0 aliphatic heterocycles. The molecular formula is C39H29NS. The second kappa shape index (κ2) is 9.92. The van der Waals surface area contributed by atoms with Crippen molar-refractivity contribution in [3.63, 3.8) is 0 Å². The number of fused-ring (bicyclic) bond motifs is 10. The highest BCUT2D eigenvalue weighted by Crippen LogP contribution is 2.48. The zero-order valence-electron chi connectivity index (χ0n) is 23.0. The van der Waals surface area contributed by atoms with E-state index in [0.29, 0.717) is 0 Å². The Kier molecular flexibility index (Phi) is 6.07. The van der Waals surface area contributed by atoms with E-state index in [1.165, 1.54) is 58.3 Å². The van der Waals surface area contributed by atoms with Crippen LogP contribution in [0, 0.1) is 0 Å². The molecule has 0 N–H and O–H groups in total. The Morgan fingerprint density at radius 2 is 1.39 bits per heavy atom. The maximum Gasteiger partial charge on any atom is 0.0726 e. The summed E-state index contributed by atoms with van der Waals surface area (Å²) in [6.07, 6.45) is 12.0. The fourth-order valence-corrected chi connectivity index (χ4v) is 7.50. The Hall–Kier alpha value is -4.92. The molecule has 0 bridgehead atoms. The topological polar surface area (TPSA) is 4.93 Å². The second-order valence-corrected chi connectivity index (χ2v) is 11.3. The molecule has 0 aliphatic rings. The number of thiophene rings is 1. The molecular weight excluding hydrogens is 515 g/mol. The summed E-state index contributed by atoms with van der Waals surface area (Å²) in [6, 6.07) is 31.0. The van der Waals surface area contributed by atoms with Crippen LogP contribution in [-0.2, 0) is 0 Å². The van der Waals surface area contributed by atoms with Crippen molar-refractivity contribution in [3.05, 3.63) is 140 Å². The highest BCUT2D eigenvalue weighted by atomic mass is 32.1. The number of aromatic nitrogens is 1. The number of benzene rings is 5. The summed E-state index contributed by atoms with van der Waals surface area (Å²) in [5.41, 5.74) is 8.02. The highest BCUT2D eigenvalue weighted by Gasteiger charge is 2.22. The van der Waals surface area contributed by atoms with E-state index in [0.717, 1.165) is 22.4 Å². The quantitative estimate of drug-likeness (QED) is 0.184. The molecule has 0 aliphatic carbocycles. The fourth-order valence-electron chi connectivity index (χ4n) is 6.24. The van der Waals surface area contributed by atoms with Gasteiger partial charge in [-0.3, -0.25) is 0 Å². The molecule has 0 saturated carbocycles. The molecule has 41 heavy (non-hydrogen) atoms. The van der Waals surface area contributed by atoms with Gasteiger partial charge in [-0.1, -0.05) is 105 Å². The molecule has 5 aromatic carbocycles. The average Bonchev–Trinajstić information content (AvgIpc) is 3.57. The van der Waals surface area contributed by atoms with E-state index >= 15 is 0 Å². The Morgan fingerprint density at radius 1 is 0.707 bits per heavy atom. The van der Waals surface area contributed by atoms with E-state index in [1.54, 1.807) is 0 Å². The van der Waals surface area contributed by atoms with Crippen molar-refractivity contribution in [2.45, 2.75) is 6.92 Å². The Labute approximate surface area is 244 Å². The maximum atomic E-state index is 4.05. The van der Waals surface area contributed by atoms with E-state index in [2.05, 4.69) is 134 Å². The molecule has 0 unspecified atom stereocenters. The summed E-state index contributed by atoms with van der Waals surface area (Å²) >= 11 is 1.88. The molecule has 2 heteroatoms. The van der Waals surface area contributed by atoms with Crippen molar-refractivity contribution in [3.8, 4) is 11.1 Å². The predicted molar refractivity (Wildman–Crippen MR) is 185 cm³/mol. The van der Waals surface area contributed by atoms with Crippen molar-refractivity contribution in [2.24, 2.45) is 0 Å². The molecule has 1 nitrogen and oxygen atoms in total. The molecule has 196 valence electrons. The Morgan fingerprint density at radius 3 is 2.12 bits per heavy atom. The van der Waals surface area contributed by atoms with Gasteiger partial charge < -0.3 is 4.57 Å². The van der Waals surface area contributed by atoms with Gasteiger partial charge in [0.25, 0.3) is 0 Å². The minimum absolute atomic E-state index is 1.08. The van der Waals surface area contributed by atoms with Crippen LogP contribution in [0.3, 0.4) is 0 Å². The lowest BCUT2D eigenvalue weighted by Gasteiger charge is -2.11. The lowest BCUT2D eigenvalue weighted by atomic mass is 9.96. The number of hydrogen-bond acceptors (Lipinski definition) is 1. The minimum atomic E-state index is 1.08. The van der Waals surface area contributed by atoms with Crippen molar-refractivity contribution >= 4 is 81.9 Å². The van der Waals surface area contributed by atoms with Gasteiger partial charge in [0.15, 0.2) is 0 Å². The monoisotopic (exact) mass is 543 g/mol. The zero-order chi connectivity index (χ0) is 28.1. The normalized spacial score (nSPS) is 12.4. The van der Waals surface area contributed by atoms with Gasteiger partial charge in [0.1, 0.15) is 0 Å². The van der Waals surface area contributed by atoms with Gasteiger partial charge >= 0.3 is 0 Å². The maximum absolute atomic E-state index is 4.05. The lowest BCUT2D eigenvalue weighted by molar-refractivity contribution is 1.25. The average molecular weight is 544 g/mol. The molecule has 0 fully saturated rings. The third-order valence-electron chi connectivity index (χ3n) is 7.99. The van der Waals surface area contributed by atoms with Crippen LogP contribution in [0.2, 0.25) is 0 Å². The molecule has 0 amide bonds. The van der Waals surface area contributed by atoms with Gasteiger partial charge in [0.05, 0.1) is 15.7 Å². The van der Waals surface area contributed by atoms with E-state index in [4.69, 9.17) is 0 Å². The van der Waals surface area contributed by atoms with Crippen molar-refractivity contribution in [1.29, 1.82) is 0 Å². The van der Waals surface area contributed by atoms with Crippen LogP contribution >= 0.6 is 11.3 Å². The molecule has 7 aromatic rings. The minimum Gasteiger partial charge on any atom is -0.308 e. The van der Waals surface area contributed by atoms with Gasteiger partial charge in [0.2, 0.25) is 0 Å². The number of nitrogens with zero attached hydrogens (tertiary/aromatic N) is 1. The molecule has 2 aromatic heterocycles. The molecule has 2 heterocycles. The first-order valence-corrected chi connectivity index (χ1v) is 14.6. The Bertz CT molecular complexity index is 2260. The summed E-state index contributed by atoms with van der Waals surface area (Å²) < 4.78 is 5.04. The van der Waals surface area contributed by atoms with E-state index < -0.39 is 0 Å². The van der Waals surface area contributed by atoms with Crippen molar-refractivity contribution < 1.29 is 0 Å². The Balaban J connectivity index is 1.71. The summed E-state index contributed by atoms with van der Waals surface area (Å²) in [5.74, 6) is 0. The van der Waals surface area contributed by atoms with Gasteiger partial charge in [0, 0.05) is 31.9 Å². The summed E-state index contributed by atoms with van der Waals surface area (Å²) in [5, 5.41) is 7.71. The summed E-state index contributed by atoms with van der Waals surface area (Å²) in [4.78, 5) is 0. The van der Waals surface area contributed by atoms with E-state index in [-0.39, 0.29) is 0 Å². The lowest BCUT2D eigenvalue weighted by Crippen LogP contribution is -1.95. The second-order valence-electron chi connectivity index (χ2n) is 10.2. The fraction of sp³-hybridized carbons (Fsp3) is 0.0256. The van der Waals surface area contributed by atoms with Crippen molar-refractivity contribution in [1.82, 2.24) is 4.57 Å². The van der Waals surface area contributed by atoms with Gasteiger partial charge in [-0.15, -0.1) is 11.3 Å². The summed E-state index contributed by atoms with van der Waals surface area (Å²) in [7, 11) is 0. The third-order valence-corrected chi connectivity index (χ3v) is 9.17. The molecule has 0 spiro atoms. The van der Waals surface area contributed by atoms with Gasteiger partial charge in [-0.25, -0.2) is 0 Å². The van der Waals surface area contributed by atoms with Crippen LogP contribution in [0.4, 0.5) is 0 Å². The molecule has 0 atom stereocenters. The van der Waals surface area contributed by atoms with Crippen LogP contribution in [0.1, 0.15) is 18.1 Å².